The zero-order valence-electron chi connectivity index (χ0n) is 14.7. The predicted octanol–water partition coefficient (Wildman–Crippen LogP) is 1.04. The number of carbonyl (C=O) groups is 3. The van der Waals surface area contributed by atoms with Gasteiger partial charge in [-0.1, -0.05) is 17.7 Å². The highest BCUT2D eigenvalue weighted by atomic mass is 35.5. The van der Waals surface area contributed by atoms with Crippen LogP contribution in [0.5, 0.6) is 0 Å². The van der Waals surface area contributed by atoms with E-state index in [0.717, 1.165) is 5.56 Å². The Morgan fingerprint density at radius 2 is 2.04 bits per heavy atom. The van der Waals surface area contributed by atoms with E-state index >= 15 is 0 Å². The number of imide groups is 1. The third-order valence-electron chi connectivity index (χ3n) is 4.33. The number of aromatic nitrogens is 2. The largest absolute Gasteiger partial charge is 0.339 e. The second kappa shape index (κ2) is 7.32. The van der Waals surface area contributed by atoms with Crippen LogP contribution < -0.4 is 16.1 Å². The molecule has 2 heterocycles. The lowest BCUT2D eigenvalue weighted by atomic mass is 10.1. The molecule has 1 aromatic heterocycles. The van der Waals surface area contributed by atoms with Crippen LogP contribution in [0, 0.1) is 13.8 Å². The van der Waals surface area contributed by atoms with Crippen LogP contribution in [0.15, 0.2) is 29.1 Å². The molecule has 1 unspecified atom stereocenters. The molecular weight excluding hydrogens is 372 g/mol. The summed E-state index contributed by atoms with van der Waals surface area (Å²) in [6.45, 7) is 3.50. The summed E-state index contributed by atoms with van der Waals surface area (Å²) in [4.78, 5) is 47.8. The number of halogens is 1. The Bertz CT molecular complexity index is 1010. The number of aryl methyl sites for hydroxylation is 1. The number of benzene rings is 1. The van der Waals surface area contributed by atoms with Crippen molar-refractivity contribution in [2.45, 2.75) is 32.7 Å². The Morgan fingerprint density at radius 3 is 2.74 bits per heavy atom. The van der Waals surface area contributed by atoms with E-state index in [1.54, 1.807) is 32.0 Å². The van der Waals surface area contributed by atoms with Crippen molar-refractivity contribution < 1.29 is 14.4 Å². The van der Waals surface area contributed by atoms with Crippen LogP contribution in [0.3, 0.4) is 0 Å². The van der Waals surface area contributed by atoms with Gasteiger partial charge in [0.2, 0.25) is 17.2 Å². The molecule has 1 fully saturated rings. The lowest BCUT2D eigenvalue weighted by molar-refractivity contribution is -0.134. The standard InChI is InChI=1S/C18H17ClN4O4/c1-9-8-14(24)16(18(27)20-12-6-7-15(25)21-17(12)26)22-23(9)13-5-3-4-11(19)10(13)2/h3-5,8,12H,6-7H2,1-2H3,(H,20,27)(H,21,25,26). The molecule has 0 aliphatic carbocycles. The van der Waals surface area contributed by atoms with Crippen molar-refractivity contribution in [3.63, 3.8) is 0 Å². The molecule has 1 aliphatic rings. The van der Waals surface area contributed by atoms with E-state index in [1.165, 1.54) is 10.7 Å². The first-order valence-corrected chi connectivity index (χ1v) is 8.66. The smallest absolute Gasteiger partial charge is 0.276 e. The number of nitrogens with zero attached hydrogens (tertiary/aromatic N) is 2. The predicted molar refractivity (Wildman–Crippen MR) is 98.0 cm³/mol. The Hall–Kier alpha value is -3.00. The van der Waals surface area contributed by atoms with Crippen LogP contribution in [0.4, 0.5) is 0 Å². The Balaban J connectivity index is 1.95. The number of carbonyl (C=O) groups excluding carboxylic acids is 3. The average Bonchev–Trinajstić information content (AvgIpc) is 2.60. The van der Waals surface area contributed by atoms with E-state index in [4.69, 9.17) is 11.6 Å². The molecule has 140 valence electrons. The molecule has 2 aromatic rings. The summed E-state index contributed by atoms with van der Waals surface area (Å²) >= 11 is 6.15. The van der Waals surface area contributed by atoms with Crippen molar-refractivity contribution in [2.75, 3.05) is 0 Å². The SMILES string of the molecule is Cc1c(Cl)cccc1-n1nc(C(=O)NC2CCC(=O)NC2=O)c(=O)cc1C. The van der Waals surface area contributed by atoms with Crippen LogP contribution >= 0.6 is 11.6 Å². The summed E-state index contributed by atoms with van der Waals surface area (Å²) in [6, 6.07) is 5.65. The highest BCUT2D eigenvalue weighted by Gasteiger charge is 2.29. The zero-order valence-corrected chi connectivity index (χ0v) is 15.5. The summed E-state index contributed by atoms with van der Waals surface area (Å²) in [5.41, 5.74) is 1.01. The molecule has 1 saturated heterocycles. The Kier molecular flexibility index (Phi) is 5.09. The maximum Gasteiger partial charge on any atom is 0.276 e. The second-order valence-corrected chi connectivity index (χ2v) is 6.68. The van der Waals surface area contributed by atoms with Gasteiger partial charge < -0.3 is 5.32 Å². The molecule has 0 saturated carbocycles. The molecule has 0 spiro atoms. The van der Waals surface area contributed by atoms with Gasteiger partial charge in [-0.2, -0.15) is 5.10 Å². The average molecular weight is 389 g/mol. The van der Waals surface area contributed by atoms with Gasteiger partial charge in [-0.15, -0.1) is 0 Å². The summed E-state index contributed by atoms with van der Waals surface area (Å²) in [7, 11) is 0. The van der Waals surface area contributed by atoms with Gasteiger partial charge in [0.25, 0.3) is 5.91 Å². The Labute approximate surface area is 159 Å². The number of nitrogens with one attached hydrogen (secondary N) is 2. The van der Waals surface area contributed by atoms with E-state index in [2.05, 4.69) is 15.7 Å². The van der Waals surface area contributed by atoms with Crippen molar-refractivity contribution in [1.82, 2.24) is 20.4 Å². The third-order valence-corrected chi connectivity index (χ3v) is 4.74. The minimum Gasteiger partial charge on any atom is -0.339 e. The Morgan fingerprint density at radius 1 is 1.30 bits per heavy atom. The van der Waals surface area contributed by atoms with Crippen LogP contribution in [0.25, 0.3) is 5.69 Å². The van der Waals surface area contributed by atoms with Crippen molar-refractivity contribution in [1.29, 1.82) is 0 Å². The lowest BCUT2D eigenvalue weighted by Gasteiger charge is -2.21. The lowest BCUT2D eigenvalue weighted by Crippen LogP contribution is -2.53. The van der Waals surface area contributed by atoms with Crippen molar-refractivity contribution in [2.24, 2.45) is 0 Å². The molecule has 3 amide bonds. The number of hydrogen-bond acceptors (Lipinski definition) is 5. The third kappa shape index (κ3) is 3.75. The van der Waals surface area contributed by atoms with Crippen molar-refractivity contribution in [3.8, 4) is 5.69 Å². The van der Waals surface area contributed by atoms with E-state index in [9.17, 15) is 19.2 Å². The van der Waals surface area contributed by atoms with Crippen LogP contribution in [-0.2, 0) is 9.59 Å². The molecule has 27 heavy (non-hydrogen) atoms. The summed E-state index contributed by atoms with van der Waals surface area (Å²) in [5.74, 6) is -1.77. The topological polar surface area (TPSA) is 110 Å². The normalized spacial score (nSPS) is 16.8. The molecule has 1 aromatic carbocycles. The summed E-state index contributed by atoms with van der Waals surface area (Å²) in [5, 5.41) is 9.33. The maximum atomic E-state index is 12.5. The summed E-state index contributed by atoms with van der Waals surface area (Å²) in [6.07, 6.45) is 0.286. The molecule has 1 aliphatic heterocycles. The molecule has 8 nitrogen and oxygen atoms in total. The van der Waals surface area contributed by atoms with Gasteiger partial charge >= 0.3 is 0 Å². The van der Waals surface area contributed by atoms with Gasteiger partial charge in [-0.05, 0) is 38.0 Å². The fraction of sp³-hybridized carbons (Fsp3) is 0.278. The van der Waals surface area contributed by atoms with Gasteiger partial charge in [0.05, 0.1) is 5.69 Å². The molecule has 2 N–H and O–H groups in total. The van der Waals surface area contributed by atoms with Crippen LogP contribution in [0.2, 0.25) is 5.02 Å². The van der Waals surface area contributed by atoms with Gasteiger partial charge in [0.15, 0.2) is 5.69 Å². The van der Waals surface area contributed by atoms with Crippen molar-refractivity contribution >= 4 is 29.3 Å². The number of hydrogen-bond donors (Lipinski definition) is 2. The van der Waals surface area contributed by atoms with Gasteiger partial charge in [-0.25, -0.2) is 4.68 Å². The van der Waals surface area contributed by atoms with Gasteiger partial charge in [-0.3, -0.25) is 24.5 Å². The maximum absolute atomic E-state index is 12.5. The highest BCUT2D eigenvalue weighted by Crippen LogP contribution is 2.22. The molecule has 9 heteroatoms. The first kappa shape index (κ1) is 18.8. The number of piperidine rings is 1. The van der Waals surface area contributed by atoms with Crippen LogP contribution in [-0.4, -0.2) is 33.5 Å². The molecule has 0 radical (unpaired) electrons. The highest BCUT2D eigenvalue weighted by molar-refractivity contribution is 6.31. The van der Waals surface area contributed by atoms with E-state index in [0.29, 0.717) is 16.4 Å². The molecule has 0 bridgehead atoms. The van der Waals surface area contributed by atoms with Crippen molar-refractivity contribution in [3.05, 3.63) is 56.5 Å². The van der Waals surface area contributed by atoms with E-state index < -0.39 is 29.2 Å². The zero-order chi connectivity index (χ0) is 19.7. The minimum atomic E-state index is -0.890. The quantitative estimate of drug-likeness (QED) is 0.763. The van der Waals surface area contributed by atoms with Gasteiger partial charge in [0.1, 0.15) is 6.04 Å². The van der Waals surface area contributed by atoms with Gasteiger partial charge in [0, 0.05) is 23.2 Å². The monoisotopic (exact) mass is 388 g/mol. The number of amides is 3. The molecular formula is C18H17ClN4O4. The fourth-order valence-electron chi connectivity index (χ4n) is 2.83. The van der Waals surface area contributed by atoms with E-state index in [1.807, 2.05) is 0 Å². The van der Waals surface area contributed by atoms with Crippen LogP contribution in [0.1, 0.15) is 34.6 Å². The summed E-state index contributed by atoms with van der Waals surface area (Å²) < 4.78 is 1.46. The minimum absolute atomic E-state index is 0.115. The first-order chi connectivity index (χ1) is 12.8. The fourth-order valence-corrected chi connectivity index (χ4v) is 3.00. The molecule has 3 rings (SSSR count). The second-order valence-electron chi connectivity index (χ2n) is 6.27. The first-order valence-electron chi connectivity index (χ1n) is 8.29. The van der Waals surface area contributed by atoms with E-state index in [-0.39, 0.29) is 18.5 Å². The number of rotatable bonds is 3. The molecule has 1 atom stereocenters.